The second-order valence-corrected chi connectivity index (χ2v) is 7.94. The van der Waals surface area contributed by atoms with E-state index < -0.39 is 5.82 Å². The van der Waals surface area contributed by atoms with Gasteiger partial charge in [0.1, 0.15) is 0 Å². The summed E-state index contributed by atoms with van der Waals surface area (Å²) in [7, 11) is 1.38. The number of rotatable bonds is 6. The Balaban J connectivity index is 1.38. The number of amides is 2. The average Bonchev–Trinajstić information content (AvgIpc) is 3.11. The largest absolute Gasteiger partial charge is 0.494 e. The average molecular weight is 439 g/mol. The highest BCUT2D eigenvalue weighted by Crippen LogP contribution is 2.24. The van der Waals surface area contributed by atoms with E-state index >= 15 is 0 Å². The third-order valence-electron chi connectivity index (χ3n) is 6.20. The lowest BCUT2D eigenvalue weighted by Crippen LogP contribution is -2.52. The smallest absolute Gasteiger partial charge is 0.247 e. The quantitative estimate of drug-likeness (QED) is 0.508. The van der Waals surface area contributed by atoms with Crippen molar-refractivity contribution in [2.24, 2.45) is 0 Å². The zero-order valence-electron chi connectivity index (χ0n) is 18.2. The number of nitrogens with zero attached hydrogens (tertiary/aromatic N) is 3. The Bertz CT molecular complexity index is 1030. The zero-order chi connectivity index (χ0) is 22.8. The van der Waals surface area contributed by atoms with Crippen molar-refractivity contribution in [3.63, 3.8) is 0 Å². The standard InChI is InChI=1S/C24H26FN3O4/c1-3-28-22(29)15-20(24(28)31)27-12-10-26(11-13-27)18-7-4-16(5-8-18)23(30)17-6-9-21(32-2)19(25)14-17/h4-9,14,20H,3,10-13,15H2,1-2H3. The summed E-state index contributed by atoms with van der Waals surface area (Å²) in [4.78, 5) is 42.8. The Morgan fingerprint density at radius 1 is 1.03 bits per heavy atom. The van der Waals surface area contributed by atoms with Crippen LogP contribution in [0.15, 0.2) is 42.5 Å². The Kier molecular flexibility index (Phi) is 6.23. The molecular formula is C24H26FN3O4. The van der Waals surface area contributed by atoms with E-state index in [1.54, 1.807) is 18.2 Å². The van der Waals surface area contributed by atoms with E-state index in [1.165, 1.54) is 24.1 Å². The maximum atomic E-state index is 13.9. The minimum absolute atomic E-state index is 0.0937. The van der Waals surface area contributed by atoms with E-state index in [1.807, 2.05) is 19.1 Å². The van der Waals surface area contributed by atoms with Crippen molar-refractivity contribution < 1.29 is 23.5 Å². The van der Waals surface area contributed by atoms with Crippen LogP contribution in [0.5, 0.6) is 5.75 Å². The molecule has 2 aliphatic rings. The number of hydrogen-bond donors (Lipinski definition) is 0. The third kappa shape index (κ3) is 4.10. The van der Waals surface area contributed by atoms with Crippen molar-refractivity contribution >= 4 is 23.3 Å². The van der Waals surface area contributed by atoms with Crippen LogP contribution in [0.25, 0.3) is 0 Å². The molecule has 2 fully saturated rings. The minimum Gasteiger partial charge on any atom is -0.494 e. The van der Waals surface area contributed by atoms with Crippen LogP contribution in [0.3, 0.4) is 0 Å². The molecule has 0 spiro atoms. The molecule has 1 unspecified atom stereocenters. The summed E-state index contributed by atoms with van der Waals surface area (Å²) in [6.07, 6.45) is 0.259. The predicted octanol–water partition coefficient (Wildman–Crippen LogP) is 2.33. The number of likely N-dealkylation sites (N-methyl/N-ethyl adjacent to an activating group) is 1. The van der Waals surface area contributed by atoms with Crippen molar-refractivity contribution in [2.75, 3.05) is 44.7 Å². The molecule has 32 heavy (non-hydrogen) atoms. The monoisotopic (exact) mass is 439 g/mol. The number of carbonyl (C=O) groups excluding carboxylic acids is 3. The van der Waals surface area contributed by atoms with Crippen LogP contribution in [0, 0.1) is 5.82 Å². The number of methoxy groups -OCH3 is 1. The number of benzene rings is 2. The molecule has 0 saturated carbocycles. The highest BCUT2D eigenvalue weighted by atomic mass is 19.1. The predicted molar refractivity (Wildman–Crippen MR) is 117 cm³/mol. The first kappa shape index (κ1) is 22.0. The van der Waals surface area contributed by atoms with Crippen molar-refractivity contribution in [3.8, 4) is 5.75 Å². The lowest BCUT2D eigenvalue weighted by Gasteiger charge is -2.38. The summed E-state index contributed by atoms with van der Waals surface area (Å²) in [5.41, 5.74) is 1.72. The SMILES string of the molecule is CCN1C(=O)CC(N2CCN(c3ccc(C(=O)c4ccc(OC)c(F)c4)cc3)CC2)C1=O. The molecule has 0 N–H and O–H groups in total. The molecule has 2 aromatic rings. The van der Waals surface area contributed by atoms with Gasteiger partial charge in [-0.15, -0.1) is 0 Å². The van der Waals surface area contributed by atoms with Gasteiger partial charge < -0.3 is 9.64 Å². The van der Waals surface area contributed by atoms with Crippen LogP contribution in [-0.2, 0) is 9.59 Å². The van der Waals surface area contributed by atoms with Gasteiger partial charge in [0.25, 0.3) is 0 Å². The molecule has 2 amide bonds. The van der Waals surface area contributed by atoms with Crippen LogP contribution < -0.4 is 9.64 Å². The number of ether oxygens (including phenoxy) is 1. The highest BCUT2D eigenvalue weighted by Gasteiger charge is 2.41. The lowest BCUT2D eigenvalue weighted by molar-refractivity contribution is -0.139. The van der Waals surface area contributed by atoms with Crippen molar-refractivity contribution in [1.29, 1.82) is 0 Å². The Morgan fingerprint density at radius 3 is 2.25 bits per heavy atom. The van der Waals surface area contributed by atoms with E-state index in [9.17, 15) is 18.8 Å². The van der Waals surface area contributed by atoms with Crippen LogP contribution in [0.1, 0.15) is 29.3 Å². The molecular weight excluding hydrogens is 413 g/mol. The number of hydrogen-bond acceptors (Lipinski definition) is 6. The first-order valence-electron chi connectivity index (χ1n) is 10.7. The van der Waals surface area contributed by atoms with Crippen LogP contribution >= 0.6 is 0 Å². The van der Waals surface area contributed by atoms with Gasteiger partial charge in [0.2, 0.25) is 11.8 Å². The highest BCUT2D eigenvalue weighted by molar-refractivity contribution is 6.09. The summed E-state index contributed by atoms with van der Waals surface area (Å²) in [5.74, 6) is -0.919. The van der Waals surface area contributed by atoms with Crippen molar-refractivity contribution in [1.82, 2.24) is 9.80 Å². The van der Waals surface area contributed by atoms with E-state index in [4.69, 9.17) is 4.74 Å². The fourth-order valence-electron chi connectivity index (χ4n) is 4.37. The Labute approximate surface area is 186 Å². The number of anilines is 1. The summed E-state index contributed by atoms with van der Waals surface area (Å²) in [6.45, 7) is 5.06. The molecule has 2 aromatic carbocycles. The second-order valence-electron chi connectivity index (χ2n) is 7.94. The molecule has 2 heterocycles. The van der Waals surface area contributed by atoms with E-state index in [0.717, 1.165) is 18.8 Å². The molecule has 8 heteroatoms. The van der Waals surface area contributed by atoms with Crippen molar-refractivity contribution in [2.45, 2.75) is 19.4 Å². The van der Waals surface area contributed by atoms with Crippen LogP contribution in [-0.4, -0.2) is 73.3 Å². The summed E-state index contributed by atoms with van der Waals surface area (Å²) in [5, 5.41) is 0. The maximum absolute atomic E-state index is 13.9. The molecule has 2 saturated heterocycles. The van der Waals surface area contributed by atoms with Gasteiger partial charge in [0, 0.05) is 49.5 Å². The van der Waals surface area contributed by atoms with Gasteiger partial charge in [-0.3, -0.25) is 24.2 Å². The number of likely N-dealkylation sites (tertiary alicyclic amines) is 1. The van der Waals surface area contributed by atoms with Gasteiger partial charge >= 0.3 is 0 Å². The number of imide groups is 1. The topological polar surface area (TPSA) is 70.2 Å². The minimum atomic E-state index is -0.572. The molecule has 7 nitrogen and oxygen atoms in total. The Hall–Kier alpha value is -3.26. The summed E-state index contributed by atoms with van der Waals surface area (Å²) in [6, 6.07) is 11.1. The van der Waals surface area contributed by atoms with Gasteiger partial charge in [0.15, 0.2) is 17.3 Å². The van der Waals surface area contributed by atoms with E-state index in [0.29, 0.717) is 25.2 Å². The molecule has 0 aromatic heterocycles. The summed E-state index contributed by atoms with van der Waals surface area (Å²) < 4.78 is 18.8. The molecule has 0 aliphatic carbocycles. The summed E-state index contributed by atoms with van der Waals surface area (Å²) >= 11 is 0. The Morgan fingerprint density at radius 2 is 1.69 bits per heavy atom. The van der Waals surface area contributed by atoms with Gasteiger partial charge in [-0.25, -0.2) is 4.39 Å². The van der Waals surface area contributed by atoms with Gasteiger partial charge in [-0.1, -0.05) is 0 Å². The number of halogens is 1. The van der Waals surface area contributed by atoms with Crippen LogP contribution in [0.2, 0.25) is 0 Å². The van der Waals surface area contributed by atoms with Gasteiger partial charge in [-0.2, -0.15) is 0 Å². The first-order valence-corrected chi connectivity index (χ1v) is 10.7. The molecule has 0 bridgehead atoms. The van der Waals surface area contributed by atoms with Crippen molar-refractivity contribution in [3.05, 3.63) is 59.4 Å². The first-order chi connectivity index (χ1) is 15.4. The van der Waals surface area contributed by atoms with E-state index in [-0.39, 0.29) is 41.4 Å². The van der Waals surface area contributed by atoms with Gasteiger partial charge in [-0.05, 0) is 49.4 Å². The lowest BCUT2D eigenvalue weighted by atomic mass is 10.0. The molecule has 4 rings (SSSR count). The fraction of sp³-hybridized carbons (Fsp3) is 0.375. The molecule has 2 aliphatic heterocycles. The molecule has 1 atom stereocenters. The number of carbonyl (C=O) groups is 3. The fourth-order valence-corrected chi connectivity index (χ4v) is 4.37. The normalized spacial score (nSPS) is 19.5. The third-order valence-corrected chi connectivity index (χ3v) is 6.20. The van der Waals surface area contributed by atoms with Crippen LogP contribution in [0.4, 0.5) is 10.1 Å². The molecule has 0 radical (unpaired) electrons. The number of piperazine rings is 1. The van der Waals surface area contributed by atoms with E-state index in [2.05, 4.69) is 9.80 Å². The molecule has 168 valence electrons. The number of ketones is 1. The maximum Gasteiger partial charge on any atom is 0.247 e. The second kappa shape index (κ2) is 9.08. The zero-order valence-corrected chi connectivity index (χ0v) is 18.2. The van der Waals surface area contributed by atoms with Gasteiger partial charge in [0.05, 0.1) is 19.6 Å².